The van der Waals surface area contributed by atoms with E-state index in [2.05, 4.69) is 5.32 Å². The lowest BCUT2D eigenvalue weighted by Gasteiger charge is -2.09. The number of anilines is 1. The van der Waals surface area contributed by atoms with Crippen LogP contribution in [0.1, 0.15) is 31.8 Å². The topological polar surface area (TPSA) is 102 Å². The van der Waals surface area contributed by atoms with Crippen LogP contribution in [0.3, 0.4) is 0 Å². The zero-order valence-electron chi connectivity index (χ0n) is 16.6. The number of amides is 2. The van der Waals surface area contributed by atoms with Crippen LogP contribution < -0.4 is 16.7 Å². The van der Waals surface area contributed by atoms with Crippen LogP contribution in [0.5, 0.6) is 0 Å². The van der Waals surface area contributed by atoms with Crippen LogP contribution in [0.25, 0.3) is 22.1 Å². The van der Waals surface area contributed by atoms with Gasteiger partial charge in [-0.2, -0.15) is 0 Å². The number of hydrogen-bond acceptors (Lipinski definition) is 5. The number of thiophene rings is 1. The second-order valence-electron chi connectivity index (χ2n) is 7.12. The molecule has 0 aliphatic rings. The van der Waals surface area contributed by atoms with Crippen LogP contribution >= 0.6 is 22.9 Å². The summed E-state index contributed by atoms with van der Waals surface area (Å²) in [4.78, 5) is 37.4. The Morgan fingerprint density at radius 1 is 1.06 bits per heavy atom. The largest absolute Gasteiger partial charge is 0.422 e. The van der Waals surface area contributed by atoms with E-state index in [9.17, 15) is 14.4 Å². The molecule has 2 aromatic carbocycles. The van der Waals surface area contributed by atoms with Gasteiger partial charge in [-0.3, -0.25) is 9.59 Å². The average Bonchev–Trinajstić information content (AvgIpc) is 3.13. The fourth-order valence-corrected chi connectivity index (χ4v) is 4.48. The maximum absolute atomic E-state index is 12.9. The molecule has 0 unspecified atom stereocenters. The van der Waals surface area contributed by atoms with Crippen molar-refractivity contribution in [3.05, 3.63) is 85.5 Å². The molecule has 2 amide bonds. The number of nitrogens with two attached hydrogens (primary N) is 1. The van der Waals surface area contributed by atoms with E-state index in [1.54, 1.807) is 23.6 Å². The van der Waals surface area contributed by atoms with E-state index in [-0.39, 0.29) is 16.1 Å². The molecular weight excluding hydrogens is 436 g/mol. The van der Waals surface area contributed by atoms with Crippen molar-refractivity contribution >= 4 is 50.7 Å². The SMILES string of the molecule is Cc1ccc(C)c(-c2csc(NC(=O)c3cc4cc(Cl)ccc4oc3=O)c2C(N)=O)c1. The molecule has 0 aliphatic carbocycles. The molecule has 6 nitrogen and oxygen atoms in total. The van der Waals surface area contributed by atoms with E-state index in [1.807, 2.05) is 32.0 Å². The predicted molar refractivity (Wildman–Crippen MR) is 123 cm³/mol. The van der Waals surface area contributed by atoms with E-state index < -0.39 is 17.4 Å². The van der Waals surface area contributed by atoms with Crippen LogP contribution in [0.2, 0.25) is 5.02 Å². The normalized spacial score (nSPS) is 10.9. The second-order valence-corrected chi connectivity index (χ2v) is 8.44. The lowest BCUT2D eigenvalue weighted by molar-refractivity contribution is 0.100. The van der Waals surface area contributed by atoms with Crippen molar-refractivity contribution in [3.8, 4) is 11.1 Å². The summed E-state index contributed by atoms with van der Waals surface area (Å²) in [7, 11) is 0. The molecule has 0 saturated heterocycles. The van der Waals surface area contributed by atoms with Gasteiger partial charge in [-0.1, -0.05) is 35.4 Å². The van der Waals surface area contributed by atoms with Crippen LogP contribution in [0.15, 0.2) is 57.1 Å². The van der Waals surface area contributed by atoms with E-state index >= 15 is 0 Å². The molecule has 0 aliphatic heterocycles. The van der Waals surface area contributed by atoms with Crippen molar-refractivity contribution in [3.63, 3.8) is 0 Å². The fourth-order valence-electron chi connectivity index (χ4n) is 3.34. The van der Waals surface area contributed by atoms with Crippen molar-refractivity contribution in [2.24, 2.45) is 5.73 Å². The molecular formula is C23H17ClN2O4S. The van der Waals surface area contributed by atoms with Gasteiger partial charge in [-0.15, -0.1) is 11.3 Å². The van der Waals surface area contributed by atoms with E-state index in [1.165, 1.54) is 6.07 Å². The molecule has 31 heavy (non-hydrogen) atoms. The lowest BCUT2D eigenvalue weighted by Crippen LogP contribution is -2.22. The molecule has 4 rings (SSSR count). The predicted octanol–water partition coefficient (Wildman–Crippen LogP) is 5.14. The maximum Gasteiger partial charge on any atom is 0.349 e. The first-order valence-corrected chi connectivity index (χ1v) is 10.5. The second kappa shape index (κ2) is 8.02. The Morgan fingerprint density at radius 2 is 1.84 bits per heavy atom. The van der Waals surface area contributed by atoms with Crippen molar-refractivity contribution in [2.75, 3.05) is 5.32 Å². The van der Waals surface area contributed by atoms with Gasteiger partial charge in [0.25, 0.3) is 11.8 Å². The number of benzene rings is 2. The Labute approximate surface area is 186 Å². The molecule has 3 N–H and O–H groups in total. The van der Waals surface area contributed by atoms with Crippen LogP contribution in [0, 0.1) is 13.8 Å². The van der Waals surface area contributed by atoms with Gasteiger partial charge in [-0.05, 0) is 49.2 Å². The Kier molecular flexibility index (Phi) is 5.39. The van der Waals surface area contributed by atoms with Gasteiger partial charge in [0.1, 0.15) is 16.1 Å². The maximum atomic E-state index is 12.9. The number of halogens is 1. The summed E-state index contributed by atoms with van der Waals surface area (Å²) >= 11 is 7.15. The third kappa shape index (κ3) is 3.97. The van der Waals surface area contributed by atoms with Gasteiger partial charge in [0.15, 0.2) is 0 Å². The quantitative estimate of drug-likeness (QED) is 0.418. The molecule has 0 spiro atoms. The highest BCUT2D eigenvalue weighted by molar-refractivity contribution is 7.15. The average molecular weight is 453 g/mol. The molecule has 0 radical (unpaired) electrons. The van der Waals surface area contributed by atoms with Crippen molar-refractivity contribution in [2.45, 2.75) is 13.8 Å². The minimum atomic E-state index is -0.792. The van der Waals surface area contributed by atoms with Gasteiger partial charge in [0, 0.05) is 21.4 Å². The van der Waals surface area contributed by atoms with Crippen LogP contribution in [-0.4, -0.2) is 11.8 Å². The lowest BCUT2D eigenvalue weighted by atomic mass is 9.97. The number of primary amides is 1. The third-order valence-corrected chi connectivity index (χ3v) is 6.02. The molecule has 156 valence electrons. The third-order valence-electron chi connectivity index (χ3n) is 4.89. The summed E-state index contributed by atoms with van der Waals surface area (Å²) in [5.41, 5.74) is 8.64. The number of fused-ring (bicyclic) bond motifs is 1. The van der Waals surface area contributed by atoms with Crippen LogP contribution in [0.4, 0.5) is 5.00 Å². The van der Waals surface area contributed by atoms with Crippen LogP contribution in [-0.2, 0) is 0 Å². The summed E-state index contributed by atoms with van der Waals surface area (Å²) in [6.45, 7) is 3.88. The van der Waals surface area contributed by atoms with E-state index in [4.69, 9.17) is 21.8 Å². The van der Waals surface area contributed by atoms with Crippen molar-refractivity contribution in [1.82, 2.24) is 0 Å². The Bertz CT molecular complexity index is 1420. The minimum absolute atomic E-state index is 0.195. The molecule has 4 aromatic rings. The number of aryl methyl sites for hydroxylation is 2. The molecule has 0 atom stereocenters. The number of hydrogen-bond donors (Lipinski definition) is 2. The standard InChI is InChI=1S/C23H17ClN2O4S/c1-11-3-4-12(2)15(7-11)17-10-31-22(19(17)20(25)27)26-21(28)16-9-13-8-14(24)5-6-18(13)30-23(16)29/h3-10H,1-2H3,(H2,25,27)(H,26,28). The number of nitrogens with one attached hydrogen (secondary N) is 1. The smallest absolute Gasteiger partial charge is 0.349 e. The number of carbonyl (C=O) groups excluding carboxylic acids is 2. The Hall–Kier alpha value is -3.42. The summed E-state index contributed by atoms with van der Waals surface area (Å²) in [6, 6.07) is 12.0. The number of carbonyl (C=O) groups is 2. The van der Waals surface area contributed by atoms with Gasteiger partial charge >= 0.3 is 5.63 Å². The zero-order valence-corrected chi connectivity index (χ0v) is 18.2. The zero-order chi connectivity index (χ0) is 22.3. The minimum Gasteiger partial charge on any atom is -0.422 e. The highest BCUT2D eigenvalue weighted by atomic mass is 35.5. The van der Waals surface area contributed by atoms with Crippen molar-refractivity contribution < 1.29 is 14.0 Å². The fraction of sp³-hybridized carbons (Fsp3) is 0.0870. The van der Waals surface area contributed by atoms with Gasteiger partial charge < -0.3 is 15.5 Å². The summed E-state index contributed by atoms with van der Waals surface area (Å²) in [6.07, 6.45) is 0. The first-order chi connectivity index (χ1) is 14.7. The Balaban J connectivity index is 1.76. The van der Waals surface area contributed by atoms with Gasteiger partial charge in [0.2, 0.25) is 0 Å². The molecule has 8 heteroatoms. The molecule has 0 bridgehead atoms. The molecule has 2 aromatic heterocycles. The highest BCUT2D eigenvalue weighted by Crippen LogP contribution is 2.37. The first kappa shape index (κ1) is 20.8. The Morgan fingerprint density at radius 3 is 2.58 bits per heavy atom. The van der Waals surface area contributed by atoms with E-state index in [0.717, 1.165) is 28.0 Å². The first-order valence-electron chi connectivity index (χ1n) is 9.28. The van der Waals surface area contributed by atoms with E-state index in [0.29, 0.717) is 21.6 Å². The summed E-state index contributed by atoms with van der Waals surface area (Å²) in [5, 5.41) is 5.62. The monoisotopic (exact) mass is 452 g/mol. The summed E-state index contributed by atoms with van der Waals surface area (Å²) < 4.78 is 5.22. The number of rotatable bonds is 4. The highest BCUT2D eigenvalue weighted by Gasteiger charge is 2.22. The molecule has 0 saturated carbocycles. The summed E-state index contributed by atoms with van der Waals surface area (Å²) in [5.74, 6) is -1.38. The van der Waals surface area contributed by atoms with Crippen molar-refractivity contribution in [1.29, 1.82) is 0 Å². The van der Waals surface area contributed by atoms with Gasteiger partial charge in [-0.25, -0.2) is 4.79 Å². The molecule has 0 fully saturated rings. The molecule has 2 heterocycles. The van der Waals surface area contributed by atoms with Gasteiger partial charge in [0.05, 0.1) is 5.56 Å².